The molecule has 26 heteroatoms. The summed E-state index contributed by atoms with van der Waals surface area (Å²) in [5.74, 6) is -0.950. The van der Waals surface area contributed by atoms with Crippen LogP contribution in [0, 0.1) is 50.2 Å². The van der Waals surface area contributed by atoms with Crippen LogP contribution in [0.4, 0.5) is 0 Å². The Bertz CT molecular complexity index is 2390. The van der Waals surface area contributed by atoms with E-state index in [9.17, 15) is 76.3 Å². The molecule has 6 aliphatic heterocycles. The Morgan fingerprint density at radius 2 is 1.11 bits per heavy atom. The van der Waals surface area contributed by atoms with Crippen molar-refractivity contribution >= 4 is 5.97 Å². The van der Waals surface area contributed by atoms with Crippen LogP contribution < -0.4 is 0 Å². The van der Waals surface area contributed by atoms with Gasteiger partial charge < -0.3 is 124 Å². The standard InChI is InChI=1S/C59H96O26/c1-23-32(62)35(65)40(70)49(77-23)80-26-21-75-48(39(69)34(26)64)82-43-24(2)78-50(41(71)37(43)67)84-45-36(66)33(63)25(20-60)79-52(45)83-44-38(68)42(72)51(85-46(44)47(73)74)81-31-12-13-55(7)27(54(31,5)6)10-14-56(8)28(55)11-15-59-29-18-53(3,4)16-17-58(29,22-76-59)30(61)19-57(56,59)9/h23-46,48-52,60-72H,10-22H2,1-9H3,(H,73,74)/t23-,24-,25+,26-,27-,28+,29+,30+,31-,32-,33+,34+,35+,36+,37-,38+,39+,40+,41+,42+,43-,44-,45+,46-,48-,49-,50-,51+,52-,55-,56+,57-,58+,59-/m0/s1. The summed E-state index contributed by atoms with van der Waals surface area (Å²) < 4.78 is 66.1. The maximum absolute atomic E-state index is 13.2. The predicted molar refractivity (Wildman–Crippen MR) is 287 cm³/mol. The lowest BCUT2D eigenvalue weighted by Gasteiger charge is -2.75. The van der Waals surface area contributed by atoms with Crippen molar-refractivity contribution in [1.29, 1.82) is 0 Å². The molecule has 6 saturated heterocycles. The molecular formula is C59H96O26. The fraction of sp³-hybridized carbons (Fsp3) is 0.983. The Morgan fingerprint density at radius 1 is 0.518 bits per heavy atom. The minimum Gasteiger partial charge on any atom is -0.479 e. The van der Waals surface area contributed by atoms with Gasteiger partial charge in [0.25, 0.3) is 0 Å². The van der Waals surface area contributed by atoms with Crippen LogP contribution in [0.3, 0.4) is 0 Å². The van der Waals surface area contributed by atoms with Crippen LogP contribution in [0.1, 0.15) is 127 Å². The molecule has 0 radical (unpaired) electrons. The van der Waals surface area contributed by atoms with E-state index in [1.54, 1.807) is 0 Å². The number of carboxylic acids is 1. The average Bonchev–Trinajstić information content (AvgIpc) is 1.63. The van der Waals surface area contributed by atoms with Gasteiger partial charge in [-0.1, -0.05) is 48.5 Å². The Morgan fingerprint density at radius 3 is 1.79 bits per heavy atom. The smallest absolute Gasteiger partial charge is 0.335 e. The van der Waals surface area contributed by atoms with Gasteiger partial charge in [-0.25, -0.2) is 4.79 Å². The normalized spacial score (nSPS) is 57.4. The Kier molecular flexibility index (Phi) is 17.6. The van der Waals surface area contributed by atoms with Crippen molar-refractivity contribution in [3.05, 3.63) is 0 Å². The maximum Gasteiger partial charge on any atom is 0.335 e. The number of hydrogen-bond donors (Lipinski definition) is 14. The second-order valence-corrected chi connectivity index (χ2v) is 29.5. The number of carboxylic acid groups (broad SMARTS) is 1. The monoisotopic (exact) mass is 1220 g/mol. The van der Waals surface area contributed by atoms with E-state index in [-0.39, 0.29) is 44.5 Å². The molecule has 85 heavy (non-hydrogen) atoms. The first kappa shape index (κ1) is 65.0. The fourth-order valence-corrected chi connectivity index (χ4v) is 19.1. The largest absolute Gasteiger partial charge is 0.479 e. The van der Waals surface area contributed by atoms with E-state index in [1.165, 1.54) is 13.8 Å². The van der Waals surface area contributed by atoms with Crippen LogP contribution in [0.2, 0.25) is 0 Å². The molecule has 2 bridgehead atoms. The summed E-state index contributed by atoms with van der Waals surface area (Å²) in [6.45, 7) is 18.3. The van der Waals surface area contributed by atoms with Crippen molar-refractivity contribution in [2.45, 2.75) is 292 Å². The van der Waals surface area contributed by atoms with Gasteiger partial charge in [0.05, 0.1) is 49.8 Å². The molecule has 26 nitrogen and oxygen atoms in total. The first-order valence-corrected chi connectivity index (χ1v) is 30.9. The van der Waals surface area contributed by atoms with Crippen molar-refractivity contribution in [2.24, 2.45) is 50.2 Å². The van der Waals surface area contributed by atoms with Crippen LogP contribution in [0.5, 0.6) is 0 Å². The van der Waals surface area contributed by atoms with E-state index in [1.807, 2.05) is 0 Å². The lowest BCUT2D eigenvalue weighted by Crippen LogP contribution is -2.74. The topological polar surface area (TPSA) is 402 Å². The molecule has 14 N–H and O–H groups in total. The third kappa shape index (κ3) is 10.2. The van der Waals surface area contributed by atoms with E-state index in [4.69, 9.17) is 52.1 Å². The van der Waals surface area contributed by atoms with E-state index < -0.39 is 184 Å². The van der Waals surface area contributed by atoms with Crippen molar-refractivity contribution in [3.8, 4) is 0 Å². The van der Waals surface area contributed by atoms with Gasteiger partial charge in [0.15, 0.2) is 37.6 Å². The van der Waals surface area contributed by atoms with Gasteiger partial charge in [-0.2, -0.15) is 0 Å². The molecule has 0 aromatic heterocycles. The summed E-state index contributed by atoms with van der Waals surface area (Å²) in [4.78, 5) is 13.2. The van der Waals surface area contributed by atoms with Crippen molar-refractivity contribution in [3.63, 3.8) is 0 Å². The van der Waals surface area contributed by atoms with E-state index in [2.05, 4.69) is 48.5 Å². The molecule has 0 aromatic carbocycles. The zero-order chi connectivity index (χ0) is 61.8. The number of ether oxygens (including phenoxy) is 11. The third-order valence-corrected chi connectivity index (χ3v) is 24.2. The molecule has 5 aliphatic carbocycles. The number of rotatable bonds is 12. The minimum atomic E-state index is -2.06. The van der Waals surface area contributed by atoms with Crippen molar-refractivity contribution in [1.82, 2.24) is 0 Å². The number of aliphatic hydroxyl groups excluding tert-OH is 13. The Hall–Kier alpha value is -1.49. The molecule has 11 aliphatic rings. The van der Waals surface area contributed by atoms with E-state index in [0.29, 0.717) is 25.4 Å². The van der Waals surface area contributed by atoms with Gasteiger partial charge >= 0.3 is 5.97 Å². The molecule has 6 heterocycles. The third-order valence-electron chi connectivity index (χ3n) is 24.2. The maximum atomic E-state index is 13.2. The molecule has 5 saturated carbocycles. The van der Waals surface area contributed by atoms with Gasteiger partial charge in [0.2, 0.25) is 0 Å². The van der Waals surface area contributed by atoms with Gasteiger partial charge in [-0.05, 0) is 117 Å². The highest BCUT2D eigenvalue weighted by atomic mass is 16.8. The Balaban J connectivity index is 0.742. The first-order chi connectivity index (χ1) is 39.7. The Labute approximate surface area is 494 Å². The second-order valence-electron chi connectivity index (χ2n) is 29.5. The van der Waals surface area contributed by atoms with E-state index >= 15 is 0 Å². The number of carbonyl (C=O) groups is 1. The molecule has 11 rings (SSSR count). The summed E-state index contributed by atoms with van der Waals surface area (Å²) in [6.07, 6.45) is -34.1. The van der Waals surface area contributed by atoms with Crippen molar-refractivity contribution < 1.29 is 128 Å². The highest BCUT2D eigenvalue weighted by molar-refractivity contribution is 5.73. The first-order valence-electron chi connectivity index (χ1n) is 30.9. The highest BCUT2D eigenvalue weighted by Gasteiger charge is 2.80. The summed E-state index contributed by atoms with van der Waals surface area (Å²) in [5, 5.41) is 155. The second kappa shape index (κ2) is 23.0. The molecule has 11 fully saturated rings. The predicted octanol–water partition coefficient (Wildman–Crippen LogP) is -1.74. The fourth-order valence-electron chi connectivity index (χ4n) is 19.1. The van der Waals surface area contributed by atoms with Crippen LogP contribution >= 0.6 is 0 Å². The minimum absolute atomic E-state index is 0.119. The van der Waals surface area contributed by atoms with Gasteiger partial charge in [-0.15, -0.1) is 0 Å². The summed E-state index contributed by atoms with van der Waals surface area (Å²) >= 11 is 0. The highest BCUT2D eigenvalue weighted by Crippen LogP contribution is 2.80. The van der Waals surface area contributed by atoms with Gasteiger partial charge in [0, 0.05) is 10.8 Å². The summed E-state index contributed by atoms with van der Waals surface area (Å²) in [7, 11) is 0. The van der Waals surface area contributed by atoms with E-state index in [0.717, 1.165) is 51.4 Å². The number of aliphatic hydroxyl groups is 13. The van der Waals surface area contributed by atoms with Crippen LogP contribution in [0.25, 0.3) is 0 Å². The van der Waals surface area contributed by atoms with Crippen LogP contribution in [-0.4, -0.2) is 263 Å². The number of fused-ring (bicyclic) bond motifs is 4. The molecule has 0 unspecified atom stereocenters. The van der Waals surface area contributed by atoms with Gasteiger partial charge in [0.1, 0.15) is 97.7 Å². The van der Waals surface area contributed by atoms with Crippen LogP contribution in [0.15, 0.2) is 0 Å². The molecule has 34 atom stereocenters. The lowest BCUT2D eigenvalue weighted by molar-refractivity contribution is -0.394. The summed E-state index contributed by atoms with van der Waals surface area (Å²) in [6, 6.07) is 0. The number of hydrogen-bond acceptors (Lipinski definition) is 25. The van der Waals surface area contributed by atoms with Gasteiger partial charge in [-0.3, -0.25) is 0 Å². The number of aliphatic carboxylic acids is 1. The molecule has 0 aromatic rings. The molecular weight excluding hydrogens is 1120 g/mol. The average molecular weight is 1220 g/mol. The zero-order valence-electron chi connectivity index (χ0n) is 50.1. The van der Waals surface area contributed by atoms with Crippen LogP contribution in [-0.2, 0) is 56.9 Å². The molecule has 0 amide bonds. The SMILES string of the molecule is C[C@@H]1O[C@@H](O[C@H]2CO[C@@H](O[C@@H]3[C@@H](O)[C@@H](O)[C@H](O[C@H]4[C@H](O[C@H]5[C@H](O)[C@@H](O)[C@H](O[C@H]6CC[C@]7(C)[C@H]8CC[C@]9%10OC[C@@]%11(CCC(C)(C)C[C@H]%119)[C@H](O)C[C@@]%10(C)[C@]8(C)CC[C@H]7C6(C)C)O[C@@H]5C(=O)O)O[C@H](CO)[C@@H](O)[C@H]4O)O[C@H]3C)[C@H](O)[C@@H]2O)[C@H](O)[C@H](O)[C@H]1O. The zero-order valence-corrected chi connectivity index (χ0v) is 50.1. The summed E-state index contributed by atoms with van der Waals surface area (Å²) in [5.41, 5.74) is -1.53. The quantitative estimate of drug-likeness (QED) is 0.0965. The molecule has 1 spiro atoms. The molecule has 488 valence electrons. The van der Waals surface area contributed by atoms with Crippen molar-refractivity contribution in [2.75, 3.05) is 19.8 Å². The lowest BCUT2D eigenvalue weighted by atomic mass is 9.30.